The second-order valence-corrected chi connectivity index (χ2v) is 5.80. The molecule has 136 valence electrons. The molecule has 2 N–H and O–H groups in total. The maximum absolute atomic E-state index is 12.2. The molecule has 1 unspecified atom stereocenters. The molecule has 25 heavy (non-hydrogen) atoms. The molecule has 0 saturated carbocycles. The van der Waals surface area contributed by atoms with Gasteiger partial charge in [-0.15, -0.1) is 24.8 Å². The number of hydrogen-bond acceptors (Lipinski definition) is 4. The van der Waals surface area contributed by atoms with Crippen LogP contribution in [0.5, 0.6) is 0 Å². The van der Waals surface area contributed by atoms with Gasteiger partial charge in [0.1, 0.15) is 5.82 Å². The minimum Gasteiger partial charge on any atom is -0.350 e. The number of anilines is 2. The third-order valence-electron chi connectivity index (χ3n) is 4.17. The normalized spacial score (nSPS) is 15.6. The van der Waals surface area contributed by atoms with E-state index >= 15 is 0 Å². The molecule has 1 atom stereocenters. The average molecular weight is 383 g/mol. The minimum atomic E-state index is -0.0693. The van der Waals surface area contributed by atoms with E-state index in [-0.39, 0.29) is 30.7 Å². The van der Waals surface area contributed by atoms with Crippen LogP contribution in [0.25, 0.3) is 0 Å². The van der Waals surface area contributed by atoms with E-state index in [9.17, 15) is 4.79 Å². The van der Waals surface area contributed by atoms with Gasteiger partial charge in [-0.2, -0.15) is 0 Å². The van der Waals surface area contributed by atoms with E-state index in [0.717, 1.165) is 24.5 Å². The number of carbonyl (C=O) groups is 1. The van der Waals surface area contributed by atoms with E-state index in [2.05, 4.69) is 15.6 Å². The Morgan fingerprint density at radius 1 is 1.24 bits per heavy atom. The lowest BCUT2D eigenvalue weighted by molar-refractivity contribution is 0.0950. The van der Waals surface area contributed by atoms with Crippen LogP contribution in [0, 0.1) is 0 Å². The Hall–Kier alpha value is -1.82. The van der Waals surface area contributed by atoms with Crippen molar-refractivity contribution in [2.75, 3.05) is 25.0 Å². The summed E-state index contributed by atoms with van der Waals surface area (Å²) in [6.45, 7) is 1.72. The molecule has 3 rings (SSSR count). The van der Waals surface area contributed by atoms with Gasteiger partial charge in [-0.1, -0.05) is 18.2 Å². The zero-order valence-corrected chi connectivity index (χ0v) is 15.8. The Bertz CT molecular complexity index is 646. The molecule has 1 aromatic heterocycles. The zero-order valence-electron chi connectivity index (χ0n) is 14.1. The fourth-order valence-corrected chi connectivity index (χ4v) is 2.75. The van der Waals surface area contributed by atoms with E-state index in [4.69, 9.17) is 0 Å². The number of carbonyl (C=O) groups excluding carboxylic acids is 1. The first-order valence-electron chi connectivity index (χ1n) is 8.00. The second kappa shape index (κ2) is 10.2. The highest BCUT2D eigenvalue weighted by Gasteiger charge is 2.15. The molecular formula is C18H24Cl2N4O. The van der Waals surface area contributed by atoms with E-state index < -0.39 is 0 Å². The number of amides is 1. The zero-order chi connectivity index (χ0) is 16.1. The molecule has 0 aliphatic carbocycles. The molecule has 1 aliphatic heterocycles. The fourth-order valence-electron chi connectivity index (χ4n) is 2.75. The Morgan fingerprint density at radius 3 is 2.60 bits per heavy atom. The first kappa shape index (κ1) is 21.2. The second-order valence-electron chi connectivity index (χ2n) is 5.80. The molecule has 2 heterocycles. The minimum absolute atomic E-state index is 0. The summed E-state index contributed by atoms with van der Waals surface area (Å²) in [5, 5.41) is 6.33. The van der Waals surface area contributed by atoms with Gasteiger partial charge in [0.25, 0.3) is 5.91 Å². The molecular weight excluding hydrogens is 359 g/mol. The number of benzene rings is 1. The molecule has 2 aromatic rings. The quantitative estimate of drug-likeness (QED) is 0.833. The predicted octanol–water partition coefficient (Wildman–Crippen LogP) is 3.17. The Balaban J connectivity index is 0.00000156. The van der Waals surface area contributed by atoms with Crippen LogP contribution in [-0.4, -0.2) is 37.1 Å². The standard InChI is InChI=1S/C18H22N4O.2ClH/c1-22(16-7-3-2-4-8-16)17-10-9-14(12-20-17)18(23)21-13-15-6-5-11-19-15;;/h2-4,7-10,12,15,19H,5-6,11,13H2,1H3,(H,21,23);2*1H. The van der Waals surface area contributed by atoms with Crippen LogP contribution in [0.1, 0.15) is 23.2 Å². The number of pyridine rings is 1. The summed E-state index contributed by atoms with van der Waals surface area (Å²) in [6.07, 6.45) is 3.94. The Kier molecular flexibility index (Phi) is 8.69. The van der Waals surface area contributed by atoms with Gasteiger partial charge in [0.2, 0.25) is 0 Å². The van der Waals surface area contributed by atoms with E-state index in [1.807, 2.05) is 54.4 Å². The van der Waals surface area contributed by atoms with Crippen molar-refractivity contribution in [2.45, 2.75) is 18.9 Å². The van der Waals surface area contributed by atoms with Crippen molar-refractivity contribution in [3.05, 3.63) is 54.2 Å². The van der Waals surface area contributed by atoms with Crippen molar-refractivity contribution in [3.63, 3.8) is 0 Å². The molecule has 1 aromatic carbocycles. The van der Waals surface area contributed by atoms with Crippen LogP contribution in [0.2, 0.25) is 0 Å². The van der Waals surface area contributed by atoms with E-state index in [1.54, 1.807) is 6.20 Å². The summed E-state index contributed by atoms with van der Waals surface area (Å²) < 4.78 is 0. The van der Waals surface area contributed by atoms with E-state index in [1.165, 1.54) is 6.42 Å². The molecule has 0 spiro atoms. The first-order valence-corrected chi connectivity index (χ1v) is 8.00. The highest BCUT2D eigenvalue weighted by molar-refractivity contribution is 5.94. The maximum atomic E-state index is 12.2. The number of nitrogens with zero attached hydrogens (tertiary/aromatic N) is 2. The topological polar surface area (TPSA) is 57.3 Å². The number of hydrogen-bond donors (Lipinski definition) is 2. The molecule has 0 radical (unpaired) electrons. The fraction of sp³-hybridized carbons (Fsp3) is 0.333. The lowest BCUT2D eigenvalue weighted by Gasteiger charge is -2.18. The molecule has 1 fully saturated rings. The monoisotopic (exact) mass is 382 g/mol. The summed E-state index contributed by atoms with van der Waals surface area (Å²) in [5.41, 5.74) is 1.65. The predicted molar refractivity (Wildman–Crippen MR) is 107 cm³/mol. The Morgan fingerprint density at radius 2 is 2.00 bits per heavy atom. The molecule has 7 heteroatoms. The highest BCUT2D eigenvalue weighted by Crippen LogP contribution is 2.20. The lowest BCUT2D eigenvalue weighted by Crippen LogP contribution is -2.37. The maximum Gasteiger partial charge on any atom is 0.252 e. The van der Waals surface area contributed by atoms with Gasteiger partial charge in [-0.05, 0) is 43.7 Å². The SMILES string of the molecule is CN(c1ccccc1)c1ccc(C(=O)NCC2CCCN2)cn1.Cl.Cl. The number of para-hydroxylation sites is 1. The van der Waals surface area contributed by atoms with Crippen molar-refractivity contribution in [1.82, 2.24) is 15.6 Å². The van der Waals surface area contributed by atoms with Gasteiger partial charge >= 0.3 is 0 Å². The van der Waals surface area contributed by atoms with E-state index in [0.29, 0.717) is 18.2 Å². The number of halogens is 2. The number of aromatic nitrogens is 1. The first-order chi connectivity index (χ1) is 11.2. The van der Waals surface area contributed by atoms with Gasteiger partial charge in [0.05, 0.1) is 5.56 Å². The average Bonchev–Trinajstić information content (AvgIpc) is 3.13. The number of rotatable bonds is 5. The molecule has 0 bridgehead atoms. The summed E-state index contributed by atoms with van der Waals surface area (Å²) in [5.74, 6) is 0.741. The molecule has 1 amide bonds. The van der Waals surface area contributed by atoms with Crippen molar-refractivity contribution < 1.29 is 4.79 Å². The van der Waals surface area contributed by atoms with Crippen LogP contribution >= 0.6 is 24.8 Å². The van der Waals surface area contributed by atoms with Crippen molar-refractivity contribution in [2.24, 2.45) is 0 Å². The molecule has 1 saturated heterocycles. The van der Waals surface area contributed by atoms with Crippen LogP contribution in [-0.2, 0) is 0 Å². The van der Waals surface area contributed by atoms with Gasteiger partial charge in [-0.25, -0.2) is 4.98 Å². The van der Waals surface area contributed by atoms with Crippen molar-refractivity contribution in [1.29, 1.82) is 0 Å². The summed E-state index contributed by atoms with van der Waals surface area (Å²) in [7, 11) is 1.96. The lowest BCUT2D eigenvalue weighted by atomic mass is 10.2. The molecule has 1 aliphatic rings. The third kappa shape index (κ3) is 5.59. The summed E-state index contributed by atoms with van der Waals surface area (Å²) >= 11 is 0. The van der Waals surface area contributed by atoms with Crippen LogP contribution in [0.3, 0.4) is 0 Å². The highest BCUT2D eigenvalue weighted by atomic mass is 35.5. The van der Waals surface area contributed by atoms with Crippen molar-refractivity contribution in [3.8, 4) is 0 Å². The van der Waals surface area contributed by atoms with Crippen LogP contribution < -0.4 is 15.5 Å². The summed E-state index contributed by atoms with van der Waals surface area (Å²) in [4.78, 5) is 18.6. The van der Waals surface area contributed by atoms with Crippen LogP contribution in [0.4, 0.5) is 11.5 Å². The van der Waals surface area contributed by atoms with Gasteiger partial charge in [0, 0.05) is 31.5 Å². The smallest absolute Gasteiger partial charge is 0.252 e. The van der Waals surface area contributed by atoms with Gasteiger partial charge < -0.3 is 15.5 Å². The van der Waals surface area contributed by atoms with Crippen molar-refractivity contribution >= 4 is 42.2 Å². The third-order valence-corrected chi connectivity index (χ3v) is 4.17. The van der Waals surface area contributed by atoms with Crippen LogP contribution in [0.15, 0.2) is 48.7 Å². The summed E-state index contributed by atoms with van der Waals surface area (Å²) in [6, 6.07) is 14.1. The molecule has 5 nitrogen and oxygen atoms in total. The van der Waals surface area contributed by atoms with Gasteiger partial charge in [0.15, 0.2) is 0 Å². The largest absolute Gasteiger partial charge is 0.350 e. The van der Waals surface area contributed by atoms with Gasteiger partial charge in [-0.3, -0.25) is 4.79 Å². The Labute approximate surface area is 161 Å². The number of nitrogens with one attached hydrogen (secondary N) is 2.